The minimum absolute atomic E-state index is 0.0446. The topological polar surface area (TPSA) is 98.1 Å². The summed E-state index contributed by atoms with van der Waals surface area (Å²) in [4.78, 5) is 33.4. The molecule has 0 saturated heterocycles. The molecule has 0 bridgehead atoms. The number of amides is 1. The number of nitrogens with one attached hydrogen (secondary N) is 2. The molecule has 2 N–H and O–H groups in total. The van der Waals surface area contributed by atoms with Crippen LogP contribution in [0.5, 0.6) is 5.75 Å². The second kappa shape index (κ2) is 10.7. The highest BCUT2D eigenvalue weighted by Crippen LogP contribution is 2.29. The van der Waals surface area contributed by atoms with Crippen LogP contribution >= 0.6 is 0 Å². The van der Waals surface area contributed by atoms with E-state index in [9.17, 15) is 22.8 Å². The van der Waals surface area contributed by atoms with Gasteiger partial charge in [0.2, 0.25) is 5.91 Å². The van der Waals surface area contributed by atoms with Crippen LogP contribution in [0, 0.1) is 0 Å². The molecule has 0 radical (unpaired) electrons. The van der Waals surface area contributed by atoms with Crippen LogP contribution in [-0.2, 0) is 24.1 Å². The molecule has 0 aliphatic carbocycles. The largest absolute Gasteiger partial charge is 0.497 e. The van der Waals surface area contributed by atoms with Crippen molar-refractivity contribution in [2.45, 2.75) is 26.2 Å². The lowest BCUT2D eigenvalue weighted by atomic mass is 10.1. The Balaban J connectivity index is 1.69. The summed E-state index contributed by atoms with van der Waals surface area (Å²) in [6.07, 6.45) is -3.34. The second-order valence-electron chi connectivity index (χ2n) is 8.22. The first-order valence-electron chi connectivity index (χ1n) is 11.3. The summed E-state index contributed by atoms with van der Waals surface area (Å²) in [5.74, 6) is 0.416. The number of benzene rings is 2. The molecule has 8 nitrogen and oxygen atoms in total. The minimum Gasteiger partial charge on any atom is -0.497 e. The van der Waals surface area contributed by atoms with Gasteiger partial charge in [-0.25, -0.2) is 4.98 Å². The molecule has 0 saturated carbocycles. The molecule has 2 heterocycles. The number of carbonyl (C=O) groups is 1. The first kappa shape index (κ1) is 25.7. The van der Waals surface area contributed by atoms with Gasteiger partial charge in [0.1, 0.15) is 11.4 Å². The SMILES string of the molecule is COc1ccc(-c2nc3ccc(NCc4cc(C(F)(F)F)ccn4)cc3n(CCNC(C)=O)c2=O)cc1. The third-order valence-electron chi connectivity index (χ3n) is 5.64. The van der Waals surface area contributed by atoms with E-state index in [1.165, 1.54) is 11.5 Å². The molecule has 4 rings (SSSR count). The van der Waals surface area contributed by atoms with Gasteiger partial charge in [0, 0.05) is 37.5 Å². The average Bonchev–Trinajstić information content (AvgIpc) is 2.88. The van der Waals surface area contributed by atoms with Crippen LogP contribution in [-0.4, -0.2) is 34.1 Å². The highest BCUT2D eigenvalue weighted by molar-refractivity contribution is 5.81. The number of nitrogens with zero attached hydrogens (tertiary/aromatic N) is 3. The van der Waals surface area contributed by atoms with Crippen LogP contribution in [0.3, 0.4) is 0 Å². The van der Waals surface area contributed by atoms with E-state index in [-0.39, 0.29) is 42.5 Å². The van der Waals surface area contributed by atoms with Crippen molar-refractivity contribution in [3.8, 4) is 17.0 Å². The Kier molecular flexibility index (Phi) is 7.42. The van der Waals surface area contributed by atoms with Gasteiger partial charge in [0.05, 0.1) is 35.9 Å². The third kappa shape index (κ3) is 6.05. The normalized spacial score (nSPS) is 11.4. The first-order chi connectivity index (χ1) is 17.7. The molecule has 0 aliphatic heterocycles. The van der Waals surface area contributed by atoms with Crippen molar-refractivity contribution in [2.24, 2.45) is 0 Å². The van der Waals surface area contributed by atoms with Crippen LogP contribution in [0.25, 0.3) is 22.3 Å². The Bertz CT molecular complexity index is 1480. The minimum atomic E-state index is -4.46. The maximum Gasteiger partial charge on any atom is 0.416 e. The van der Waals surface area contributed by atoms with E-state index < -0.39 is 11.7 Å². The molecule has 0 atom stereocenters. The molecule has 11 heteroatoms. The van der Waals surface area contributed by atoms with Crippen LogP contribution in [0.4, 0.5) is 18.9 Å². The standard InChI is InChI=1S/C26H24F3N5O3/c1-16(35)30-11-12-34-23-14-19(32-15-20-13-18(9-10-31-20)26(27,28)29)5-8-22(23)33-24(25(34)36)17-3-6-21(37-2)7-4-17/h3-10,13-14,32H,11-12,15H2,1-2H3,(H,30,35). The van der Waals surface area contributed by atoms with Gasteiger partial charge in [-0.2, -0.15) is 13.2 Å². The van der Waals surface area contributed by atoms with Gasteiger partial charge in [-0.05, 0) is 54.6 Å². The van der Waals surface area contributed by atoms with Gasteiger partial charge in [-0.1, -0.05) is 0 Å². The van der Waals surface area contributed by atoms with E-state index in [1.807, 2.05) is 0 Å². The molecule has 0 unspecified atom stereocenters. The van der Waals surface area contributed by atoms with Gasteiger partial charge < -0.3 is 19.9 Å². The molecular formula is C26H24F3N5O3. The zero-order valence-corrected chi connectivity index (χ0v) is 20.1. The fraction of sp³-hybridized carbons (Fsp3) is 0.231. The molecule has 4 aromatic rings. The van der Waals surface area contributed by atoms with Gasteiger partial charge in [0.25, 0.3) is 5.56 Å². The number of anilines is 1. The molecule has 2 aromatic heterocycles. The predicted octanol–water partition coefficient (Wildman–Crippen LogP) is 4.23. The Morgan fingerprint density at radius 1 is 1.08 bits per heavy atom. The monoisotopic (exact) mass is 511 g/mol. The van der Waals surface area contributed by atoms with Crippen LogP contribution < -0.4 is 20.9 Å². The smallest absolute Gasteiger partial charge is 0.416 e. The Morgan fingerprint density at radius 2 is 1.84 bits per heavy atom. The number of halogens is 3. The molecule has 37 heavy (non-hydrogen) atoms. The lowest BCUT2D eigenvalue weighted by Crippen LogP contribution is -2.31. The number of aromatic nitrogens is 3. The second-order valence-corrected chi connectivity index (χ2v) is 8.22. The zero-order chi connectivity index (χ0) is 26.6. The molecular weight excluding hydrogens is 487 g/mol. The number of ether oxygens (including phenoxy) is 1. The van der Waals surface area contributed by atoms with Crippen molar-refractivity contribution in [1.82, 2.24) is 19.9 Å². The number of hydrogen-bond acceptors (Lipinski definition) is 6. The Hall–Kier alpha value is -4.41. The molecule has 2 aromatic carbocycles. The van der Waals surface area contributed by atoms with Crippen molar-refractivity contribution in [1.29, 1.82) is 0 Å². The number of pyridine rings is 1. The quantitative estimate of drug-likeness (QED) is 0.367. The van der Waals surface area contributed by atoms with E-state index in [4.69, 9.17) is 4.74 Å². The van der Waals surface area contributed by atoms with E-state index in [0.29, 0.717) is 28.0 Å². The summed E-state index contributed by atoms with van der Waals surface area (Å²) in [7, 11) is 1.55. The number of alkyl halides is 3. The van der Waals surface area contributed by atoms with Crippen molar-refractivity contribution >= 4 is 22.6 Å². The maximum absolute atomic E-state index is 13.5. The highest BCUT2D eigenvalue weighted by Gasteiger charge is 2.30. The highest BCUT2D eigenvalue weighted by atomic mass is 19.4. The van der Waals surface area contributed by atoms with E-state index in [2.05, 4.69) is 20.6 Å². The first-order valence-corrected chi connectivity index (χ1v) is 11.3. The lowest BCUT2D eigenvalue weighted by molar-refractivity contribution is -0.137. The lowest BCUT2D eigenvalue weighted by Gasteiger charge is -2.15. The fourth-order valence-electron chi connectivity index (χ4n) is 3.80. The number of methoxy groups -OCH3 is 1. The molecule has 0 aliphatic rings. The summed E-state index contributed by atoms with van der Waals surface area (Å²) in [6.45, 7) is 1.85. The third-order valence-corrected chi connectivity index (χ3v) is 5.64. The van der Waals surface area contributed by atoms with E-state index in [0.717, 1.165) is 18.3 Å². The van der Waals surface area contributed by atoms with E-state index in [1.54, 1.807) is 49.6 Å². The molecule has 0 fully saturated rings. The molecule has 192 valence electrons. The summed E-state index contributed by atoms with van der Waals surface area (Å²) in [6, 6.07) is 14.0. The summed E-state index contributed by atoms with van der Waals surface area (Å²) < 4.78 is 45.7. The summed E-state index contributed by atoms with van der Waals surface area (Å²) in [5, 5.41) is 5.74. The number of fused-ring (bicyclic) bond motifs is 1. The summed E-state index contributed by atoms with van der Waals surface area (Å²) in [5.41, 5.74) is 1.56. The van der Waals surface area contributed by atoms with Gasteiger partial charge in [0.15, 0.2) is 0 Å². The zero-order valence-electron chi connectivity index (χ0n) is 20.1. The predicted molar refractivity (Wildman–Crippen MR) is 133 cm³/mol. The number of hydrogen-bond donors (Lipinski definition) is 2. The van der Waals surface area contributed by atoms with E-state index >= 15 is 0 Å². The van der Waals surface area contributed by atoms with Crippen LogP contribution in [0.15, 0.2) is 65.6 Å². The Labute approximate surface area is 210 Å². The van der Waals surface area contributed by atoms with Crippen LogP contribution in [0.1, 0.15) is 18.2 Å². The maximum atomic E-state index is 13.5. The average molecular weight is 512 g/mol. The van der Waals surface area contributed by atoms with Gasteiger partial charge in [-0.3, -0.25) is 14.6 Å². The van der Waals surface area contributed by atoms with Crippen molar-refractivity contribution < 1.29 is 22.7 Å². The number of carbonyl (C=O) groups excluding carboxylic acids is 1. The summed E-state index contributed by atoms with van der Waals surface area (Å²) >= 11 is 0. The van der Waals surface area contributed by atoms with Gasteiger partial charge >= 0.3 is 6.18 Å². The Morgan fingerprint density at radius 3 is 2.51 bits per heavy atom. The van der Waals surface area contributed by atoms with Gasteiger partial charge in [-0.15, -0.1) is 0 Å². The number of rotatable bonds is 8. The fourth-order valence-corrected chi connectivity index (χ4v) is 3.80. The van der Waals surface area contributed by atoms with Crippen molar-refractivity contribution in [3.05, 3.63) is 82.4 Å². The van der Waals surface area contributed by atoms with Crippen LogP contribution in [0.2, 0.25) is 0 Å². The molecule has 0 spiro atoms. The molecule has 1 amide bonds. The van der Waals surface area contributed by atoms with Crippen molar-refractivity contribution in [2.75, 3.05) is 19.0 Å². The van der Waals surface area contributed by atoms with Crippen molar-refractivity contribution in [3.63, 3.8) is 0 Å².